The summed E-state index contributed by atoms with van der Waals surface area (Å²) in [5.41, 5.74) is 5.63. The minimum Gasteiger partial charge on any atom is -0.364 e. The molecule has 1 heterocycles. The fraction of sp³-hybridized carbons (Fsp3) is 1.00. The average molecular weight is 129 g/mol. The third kappa shape index (κ3) is 1.93. The molecule has 0 aromatic carbocycles. The molecule has 0 aromatic heterocycles. The number of hydrogen-bond donors (Lipinski definition) is 1. The summed E-state index contributed by atoms with van der Waals surface area (Å²) in [5.74, 6) is 0.443. The van der Waals surface area contributed by atoms with Gasteiger partial charge in [-0.15, -0.1) is 0 Å². The lowest BCUT2D eigenvalue weighted by atomic mass is 10.0. The van der Waals surface area contributed by atoms with Crippen LogP contribution in [0.25, 0.3) is 0 Å². The Morgan fingerprint density at radius 2 is 2.56 bits per heavy atom. The van der Waals surface area contributed by atoms with Gasteiger partial charge < -0.3 is 10.5 Å². The lowest BCUT2D eigenvalue weighted by molar-refractivity contribution is 0.0363. The second-order valence-electron chi connectivity index (χ2n) is 2.53. The van der Waals surface area contributed by atoms with Gasteiger partial charge in [0.15, 0.2) is 0 Å². The van der Waals surface area contributed by atoms with Crippen molar-refractivity contribution < 1.29 is 4.74 Å². The van der Waals surface area contributed by atoms with E-state index in [1.807, 2.05) is 6.92 Å². The van der Waals surface area contributed by atoms with E-state index < -0.39 is 0 Å². The summed E-state index contributed by atoms with van der Waals surface area (Å²) in [4.78, 5) is 0. The van der Waals surface area contributed by atoms with Crippen molar-refractivity contribution in [3.8, 4) is 0 Å². The van der Waals surface area contributed by atoms with E-state index in [0.29, 0.717) is 12.6 Å². The number of nitrogens with two attached hydrogens (primary N) is 1. The highest BCUT2D eigenvalue weighted by Gasteiger charge is 2.17. The molecule has 1 aliphatic rings. The number of hydrogen-bond acceptors (Lipinski definition) is 2. The SMILES string of the molecule is CC(N)C1C[N]COC1. The van der Waals surface area contributed by atoms with Crippen LogP contribution in [-0.4, -0.2) is 25.9 Å². The topological polar surface area (TPSA) is 49.4 Å². The minimum atomic E-state index is 0.217. The van der Waals surface area contributed by atoms with Gasteiger partial charge in [-0.05, 0) is 6.92 Å². The van der Waals surface area contributed by atoms with E-state index in [4.69, 9.17) is 10.5 Å². The molecule has 0 aliphatic carbocycles. The highest BCUT2D eigenvalue weighted by molar-refractivity contribution is 4.71. The first kappa shape index (κ1) is 6.99. The Kier molecular flexibility index (Phi) is 2.45. The van der Waals surface area contributed by atoms with Gasteiger partial charge in [-0.25, -0.2) is 5.32 Å². The van der Waals surface area contributed by atoms with Crippen molar-refractivity contribution in [1.82, 2.24) is 5.32 Å². The maximum Gasteiger partial charge on any atom is 0.112 e. The van der Waals surface area contributed by atoms with Gasteiger partial charge in [-0.3, -0.25) is 0 Å². The molecule has 0 saturated carbocycles. The summed E-state index contributed by atoms with van der Waals surface area (Å²) in [6.45, 7) is 4.21. The molecule has 9 heavy (non-hydrogen) atoms. The van der Waals surface area contributed by atoms with Crippen molar-refractivity contribution in [2.75, 3.05) is 19.9 Å². The molecular formula is C6H13N2O. The summed E-state index contributed by atoms with van der Waals surface area (Å²) in [6, 6.07) is 0.217. The van der Waals surface area contributed by atoms with Crippen molar-refractivity contribution >= 4 is 0 Å². The monoisotopic (exact) mass is 129 g/mol. The van der Waals surface area contributed by atoms with E-state index in [2.05, 4.69) is 5.32 Å². The Morgan fingerprint density at radius 3 is 2.89 bits per heavy atom. The molecule has 1 saturated heterocycles. The maximum absolute atomic E-state index is 5.63. The Bertz CT molecular complexity index is 79.1. The molecule has 2 N–H and O–H groups in total. The van der Waals surface area contributed by atoms with Gasteiger partial charge in [-0.2, -0.15) is 0 Å². The summed E-state index contributed by atoms with van der Waals surface area (Å²) in [7, 11) is 0. The molecule has 53 valence electrons. The molecule has 1 fully saturated rings. The van der Waals surface area contributed by atoms with Gasteiger partial charge in [0.1, 0.15) is 6.73 Å². The maximum atomic E-state index is 5.63. The summed E-state index contributed by atoms with van der Waals surface area (Å²) < 4.78 is 5.10. The molecule has 0 bridgehead atoms. The minimum absolute atomic E-state index is 0.217. The number of rotatable bonds is 1. The van der Waals surface area contributed by atoms with Crippen molar-refractivity contribution in [3.63, 3.8) is 0 Å². The van der Waals surface area contributed by atoms with Crippen LogP contribution in [0.3, 0.4) is 0 Å². The number of ether oxygens (including phenoxy) is 1. The molecule has 1 aliphatic heterocycles. The van der Waals surface area contributed by atoms with E-state index in [1.54, 1.807) is 0 Å². The fourth-order valence-electron chi connectivity index (χ4n) is 0.858. The van der Waals surface area contributed by atoms with Gasteiger partial charge in [-0.1, -0.05) is 0 Å². The van der Waals surface area contributed by atoms with E-state index in [9.17, 15) is 0 Å². The molecule has 1 rings (SSSR count). The number of nitrogens with zero attached hydrogens (tertiary/aromatic N) is 1. The zero-order chi connectivity index (χ0) is 6.69. The first-order chi connectivity index (χ1) is 4.30. The van der Waals surface area contributed by atoms with Gasteiger partial charge in [0, 0.05) is 18.5 Å². The third-order valence-electron chi connectivity index (χ3n) is 1.62. The van der Waals surface area contributed by atoms with E-state index in [-0.39, 0.29) is 6.04 Å². The zero-order valence-electron chi connectivity index (χ0n) is 5.71. The van der Waals surface area contributed by atoms with Crippen LogP contribution in [0.4, 0.5) is 0 Å². The van der Waals surface area contributed by atoms with E-state index in [1.165, 1.54) is 0 Å². The first-order valence-electron chi connectivity index (χ1n) is 3.27. The molecule has 2 unspecified atom stereocenters. The predicted octanol–water partition coefficient (Wildman–Crippen LogP) is -0.458. The summed E-state index contributed by atoms with van der Waals surface area (Å²) in [5, 5.41) is 4.08. The Balaban J connectivity index is 2.23. The molecule has 0 spiro atoms. The smallest absolute Gasteiger partial charge is 0.112 e. The summed E-state index contributed by atoms with van der Waals surface area (Å²) >= 11 is 0. The zero-order valence-corrected chi connectivity index (χ0v) is 5.71. The normalized spacial score (nSPS) is 32.0. The van der Waals surface area contributed by atoms with Crippen LogP contribution in [0.15, 0.2) is 0 Å². The Morgan fingerprint density at radius 1 is 1.78 bits per heavy atom. The predicted molar refractivity (Wildman–Crippen MR) is 35.0 cm³/mol. The highest BCUT2D eigenvalue weighted by atomic mass is 16.5. The van der Waals surface area contributed by atoms with E-state index in [0.717, 1.165) is 13.2 Å². The standard InChI is InChI=1S/C6H13N2O/c1-5(7)6-2-8-4-9-3-6/h5-6H,2-4,7H2,1H3. The van der Waals surface area contributed by atoms with Crippen LogP contribution >= 0.6 is 0 Å². The molecule has 3 nitrogen and oxygen atoms in total. The molecule has 0 aromatic rings. The molecular weight excluding hydrogens is 116 g/mol. The van der Waals surface area contributed by atoms with Gasteiger partial charge in [0.25, 0.3) is 0 Å². The van der Waals surface area contributed by atoms with Crippen LogP contribution in [0.2, 0.25) is 0 Å². The van der Waals surface area contributed by atoms with Gasteiger partial charge >= 0.3 is 0 Å². The van der Waals surface area contributed by atoms with Crippen LogP contribution in [0.1, 0.15) is 6.92 Å². The summed E-state index contributed by atoms with van der Waals surface area (Å²) in [6.07, 6.45) is 0. The van der Waals surface area contributed by atoms with Gasteiger partial charge in [0.05, 0.1) is 6.61 Å². The Labute approximate surface area is 55.6 Å². The Hall–Kier alpha value is -0.120. The van der Waals surface area contributed by atoms with Crippen molar-refractivity contribution in [3.05, 3.63) is 0 Å². The van der Waals surface area contributed by atoms with Gasteiger partial charge in [0.2, 0.25) is 0 Å². The third-order valence-corrected chi connectivity index (χ3v) is 1.62. The molecule has 1 radical (unpaired) electrons. The molecule has 0 amide bonds. The molecule has 2 atom stereocenters. The first-order valence-corrected chi connectivity index (χ1v) is 3.27. The van der Waals surface area contributed by atoms with Crippen molar-refractivity contribution in [1.29, 1.82) is 0 Å². The van der Waals surface area contributed by atoms with Crippen LogP contribution < -0.4 is 11.1 Å². The highest BCUT2D eigenvalue weighted by Crippen LogP contribution is 2.04. The van der Waals surface area contributed by atoms with Crippen molar-refractivity contribution in [2.45, 2.75) is 13.0 Å². The van der Waals surface area contributed by atoms with Crippen LogP contribution in [0, 0.1) is 5.92 Å². The fourth-order valence-corrected chi connectivity index (χ4v) is 0.858. The molecule has 3 heteroatoms. The lowest BCUT2D eigenvalue weighted by Crippen LogP contribution is -2.40. The van der Waals surface area contributed by atoms with Crippen LogP contribution in [0.5, 0.6) is 0 Å². The second-order valence-corrected chi connectivity index (χ2v) is 2.53. The average Bonchev–Trinajstić information content (AvgIpc) is 1.90. The lowest BCUT2D eigenvalue weighted by Gasteiger charge is -2.24. The van der Waals surface area contributed by atoms with E-state index >= 15 is 0 Å². The quantitative estimate of drug-likeness (QED) is 0.521. The largest absolute Gasteiger partial charge is 0.364 e. The van der Waals surface area contributed by atoms with Crippen LogP contribution in [-0.2, 0) is 4.74 Å². The van der Waals surface area contributed by atoms with Crippen molar-refractivity contribution in [2.24, 2.45) is 11.7 Å². The second kappa shape index (κ2) is 3.15.